The van der Waals surface area contributed by atoms with Crippen LogP contribution in [0.1, 0.15) is 53.5 Å². The van der Waals surface area contributed by atoms with Gasteiger partial charge in [0.05, 0.1) is 6.07 Å². The highest BCUT2D eigenvalue weighted by Gasteiger charge is 2.27. The minimum Gasteiger partial charge on any atom is -0.384 e. The maximum Gasteiger partial charge on any atom is 0.389 e. The highest BCUT2D eigenvalue weighted by Crippen LogP contribution is 2.31. The number of hydrogen-bond donors (Lipinski definition) is 2. The molecule has 180 valence electrons. The molecule has 0 spiro atoms. The summed E-state index contributed by atoms with van der Waals surface area (Å²) in [7, 11) is 0. The van der Waals surface area contributed by atoms with Crippen molar-refractivity contribution < 1.29 is 13.2 Å². The highest BCUT2D eigenvalue weighted by molar-refractivity contribution is 5.70. The molecule has 1 aromatic carbocycles. The molecule has 1 fully saturated rings. The average Bonchev–Trinajstić information content (AvgIpc) is 3.22. The van der Waals surface area contributed by atoms with Crippen molar-refractivity contribution in [1.29, 1.82) is 5.26 Å². The van der Waals surface area contributed by atoms with Crippen LogP contribution in [0.5, 0.6) is 0 Å². The van der Waals surface area contributed by atoms with E-state index in [2.05, 4.69) is 40.3 Å². The number of fused-ring (bicyclic) bond motifs is 1. The Hall–Kier alpha value is -3.05. The summed E-state index contributed by atoms with van der Waals surface area (Å²) < 4.78 is 37.6. The summed E-state index contributed by atoms with van der Waals surface area (Å²) >= 11 is 0. The number of rotatable bonds is 7. The number of alkyl halides is 3. The molecule has 1 aliphatic carbocycles. The molecule has 0 bridgehead atoms. The van der Waals surface area contributed by atoms with Gasteiger partial charge in [-0.2, -0.15) is 18.4 Å². The normalized spacial score (nSPS) is 16.7. The molecule has 4 rings (SSSR count). The van der Waals surface area contributed by atoms with Crippen LogP contribution >= 0.6 is 0 Å². The fourth-order valence-electron chi connectivity index (χ4n) is 4.87. The second-order valence-electron chi connectivity index (χ2n) is 9.31. The van der Waals surface area contributed by atoms with Gasteiger partial charge in [0.15, 0.2) is 0 Å². The van der Waals surface area contributed by atoms with E-state index in [1.54, 1.807) is 12.3 Å². The van der Waals surface area contributed by atoms with Crippen molar-refractivity contribution in [2.24, 2.45) is 0 Å². The van der Waals surface area contributed by atoms with E-state index in [-0.39, 0.29) is 12.5 Å². The number of nitriles is 1. The van der Waals surface area contributed by atoms with Crippen LogP contribution in [-0.2, 0) is 19.4 Å². The van der Waals surface area contributed by atoms with Gasteiger partial charge in [-0.25, -0.2) is 4.98 Å². The van der Waals surface area contributed by atoms with Crippen LogP contribution in [0, 0.1) is 18.3 Å². The van der Waals surface area contributed by atoms with Crippen molar-refractivity contribution in [3.8, 4) is 6.07 Å². The number of allylic oxidation sites excluding steroid dienone is 1. The second kappa shape index (κ2) is 10.1. The fraction of sp³-hybridized carbons (Fsp3) is 0.462. The first-order valence-electron chi connectivity index (χ1n) is 11.7. The Morgan fingerprint density at radius 3 is 2.71 bits per heavy atom. The third-order valence-electron chi connectivity index (χ3n) is 6.82. The number of nitrogen functional groups attached to an aromatic ring is 1. The van der Waals surface area contributed by atoms with Crippen LogP contribution in [0.4, 0.5) is 24.7 Å². The Morgan fingerprint density at radius 2 is 2.00 bits per heavy atom. The van der Waals surface area contributed by atoms with Gasteiger partial charge in [-0.05, 0) is 66.5 Å². The molecule has 3 N–H and O–H groups in total. The van der Waals surface area contributed by atoms with E-state index in [4.69, 9.17) is 5.73 Å². The van der Waals surface area contributed by atoms with Gasteiger partial charge >= 0.3 is 6.18 Å². The van der Waals surface area contributed by atoms with E-state index >= 15 is 0 Å². The van der Waals surface area contributed by atoms with E-state index in [0.717, 1.165) is 55.7 Å². The van der Waals surface area contributed by atoms with Gasteiger partial charge in [0.2, 0.25) is 0 Å². The molecular formula is C26H30F3N5. The second-order valence-corrected chi connectivity index (χ2v) is 9.31. The maximum absolute atomic E-state index is 12.5. The van der Waals surface area contributed by atoms with Crippen molar-refractivity contribution in [3.63, 3.8) is 0 Å². The number of piperidine rings is 1. The minimum absolute atomic E-state index is 0.0351. The summed E-state index contributed by atoms with van der Waals surface area (Å²) in [5, 5.41) is 12.7. The topological polar surface area (TPSA) is 78.0 Å². The lowest BCUT2D eigenvalue weighted by atomic mass is 9.97. The molecule has 1 saturated heterocycles. The number of likely N-dealkylation sites (tertiary alicyclic amines) is 1. The van der Waals surface area contributed by atoms with Gasteiger partial charge < -0.3 is 11.1 Å². The van der Waals surface area contributed by atoms with Crippen LogP contribution in [-0.4, -0.2) is 35.2 Å². The number of pyridine rings is 1. The van der Waals surface area contributed by atoms with E-state index in [1.165, 1.54) is 22.3 Å². The summed E-state index contributed by atoms with van der Waals surface area (Å²) in [5.41, 5.74) is 13.2. The zero-order valence-corrected chi connectivity index (χ0v) is 19.4. The molecule has 2 aliphatic rings. The number of halogens is 3. The number of nitrogens with two attached hydrogens (primary N) is 1. The van der Waals surface area contributed by atoms with Gasteiger partial charge in [-0.15, -0.1) is 0 Å². The molecule has 34 heavy (non-hydrogen) atoms. The van der Waals surface area contributed by atoms with E-state index < -0.39 is 12.6 Å². The third-order valence-corrected chi connectivity index (χ3v) is 6.82. The van der Waals surface area contributed by atoms with Gasteiger partial charge in [-0.3, -0.25) is 4.90 Å². The van der Waals surface area contributed by atoms with Crippen molar-refractivity contribution in [2.75, 3.05) is 24.1 Å². The fourth-order valence-corrected chi connectivity index (χ4v) is 4.87. The summed E-state index contributed by atoms with van der Waals surface area (Å²) in [6.07, 6.45) is 1.60. The van der Waals surface area contributed by atoms with Crippen LogP contribution in [0.3, 0.4) is 0 Å². The molecule has 1 aromatic heterocycles. The molecule has 2 aromatic rings. The van der Waals surface area contributed by atoms with E-state index in [9.17, 15) is 18.4 Å². The molecule has 0 saturated carbocycles. The van der Waals surface area contributed by atoms with Crippen molar-refractivity contribution in [3.05, 3.63) is 57.8 Å². The van der Waals surface area contributed by atoms with Crippen molar-refractivity contribution in [2.45, 2.75) is 64.2 Å². The SMILES string of the molecule is Cc1c(CN2CCC(Nc3cc(N)ncc3CCCC(F)(F)F)CC2)ccc2c1C=C(C#N)C2. The third kappa shape index (κ3) is 5.89. The quantitative estimate of drug-likeness (QED) is 0.568. The lowest BCUT2D eigenvalue weighted by molar-refractivity contribution is -0.135. The predicted molar refractivity (Wildman–Crippen MR) is 128 cm³/mol. The molecule has 2 heterocycles. The first-order chi connectivity index (χ1) is 16.2. The number of hydrogen-bond acceptors (Lipinski definition) is 5. The largest absolute Gasteiger partial charge is 0.389 e. The average molecular weight is 470 g/mol. The minimum atomic E-state index is -4.15. The number of nitrogens with zero attached hydrogens (tertiary/aromatic N) is 3. The van der Waals surface area contributed by atoms with Crippen LogP contribution in [0.15, 0.2) is 30.0 Å². The van der Waals surface area contributed by atoms with E-state index in [1.807, 2.05) is 6.08 Å². The molecular weight excluding hydrogens is 439 g/mol. The van der Waals surface area contributed by atoms with Crippen LogP contribution < -0.4 is 11.1 Å². The smallest absolute Gasteiger partial charge is 0.384 e. The molecule has 0 radical (unpaired) electrons. The number of anilines is 2. The molecule has 0 atom stereocenters. The Morgan fingerprint density at radius 1 is 1.24 bits per heavy atom. The number of aromatic nitrogens is 1. The lowest BCUT2D eigenvalue weighted by Crippen LogP contribution is -2.39. The Kier molecular flexibility index (Phi) is 7.13. The zero-order chi connectivity index (χ0) is 24.3. The van der Waals surface area contributed by atoms with E-state index in [0.29, 0.717) is 12.2 Å². The number of nitrogens with one attached hydrogen (secondary N) is 1. The summed E-state index contributed by atoms with van der Waals surface area (Å²) in [5.74, 6) is 0.361. The molecule has 5 nitrogen and oxygen atoms in total. The first kappa shape index (κ1) is 24.1. The zero-order valence-electron chi connectivity index (χ0n) is 19.4. The van der Waals surface area contributed by atoms with Crippen molar-refractivity contribution in [1.82, 2.24) is 9.88 Å². The molecule has 8 heteroatoms. The monoisotopic (exact) mass is 469 g/mol. The number of benzene rings is 1. The van der Waals surface area contributed by atoms with Crippen molar-refractivity contribution >= 4 is 17.6 Å². The van der Waals surface area contributed by atoms with Gasteiger partial charge in [0, 0.05) is 62.0 Å². The molecule has 0 unspecified atom stereocenters. The first-order valence-corrected chi connectivity index (χ1v) is 11.7. The molecule has 1 aliphatic heterocycles. The van der Waals surface area contributed by atoms with Crippen LogP contribution in [0.25, 0.3) is 6.08 Å². The number of aryl methyl sites for hydroxylation is 1. The maximum atomic E-state index is 12.5. The standard InChI is InChI=1S/C26H30F3N5/c1-17-21(5-4-19-11-18(14-30)12-23(17)19)16-34-9-6-22(7-10-34)33-24-13-25(31)32-15-20(24)3-2-8-26(27,28)29/h4-5,12-13,15,22H,2-3,6-11,16H2,1H3,(H3,31,32,33). The summed E-state index contributed by atoms with van der Waals surface area (Å²) in [6, 6.07) is 8.56. The Labute approximate surface area is 198 Å². The summed E-state index contributed by atoms with van der Waals surface area (Å²) in [6.45, 7) is 4.86. The molecule has 0 amide bonds. The lowest BCUT2D eigenvalue weighted by Gasteiger charge is -2.33. The van der Waals surface area contributed by atoms with Gasteiger partial charge in [0.25, 0.3) is 0 Å². The Balaban J connectivity index is 1.33. The van der Waals surface area contributed by atoms with Gasteiger partial charge in [0.1, 0.15) is 5.82 Å². The van der Waals surface area contributed by atoms with Crippen LogP contribution in [0.2, 0.25) is 0 Å². The highest BCUT2D eigenvalue weighted by atomic mass is 19.4. The Bertz CT molecular complexity index is 1110. The summed E-state index contributed by atoms with van der Waals surface area (Å²) in [4.78, 5) is 6.51. The van der Waals surface area contributed by atoms with Gasteiger partial charge in [-0.1, -0.05) is 12.1 Å². The predicted octanol–water partition coefficient (Wildman–Crippen LogP) is 5.40.